The van der Waals surface area contributed by atoms with Gasteiger partial charge in [0.25, 0.3) is 0 Å². The lowest BCUT2D eigenvalue weighted by molar-refractivity contribution is 1.02. The molecule has 13 rings (SSSR count). The average Bonchev–Trinajstić information content (AvgIpc) is 3.98. The van der Waals surface area contributed by atoms with Gasteiger partial charge in [0.05, 0.1) is 22.1 Å². The predicted octanol–water partition coefficient (Wildman–Crippen LogP) is 14.7. The van der Waals surface area contributed by atoms with E-state index in [0.29, 0.717) is 0 Å². The number of benzene rings is 7. The Morgan fingerprint density at radius 3 is 2.07 bits per heavy atom. The number of hydrogen-bond acceptors (Lipinski definition) is 1. The fourth-order valence-electron chi connectivity index (χ4n) is 10.1. The number of aromatic nitrogens is 2. The molecule has 0 bridgehead atoms. The highest BCUT2D eigenvalue weighted by molar-refractivity contribution is 7.19. The van der Waals surface area contributed by atoms with E-state index < -0.39 is 0 Å². The molecule has 0 atom stereocenters. The Bertz CT molecular complexity index is 3430. The Morgan fingerprint density at radius 2 is 1.20 bits per heavy atom. The molecule has 3 aliphatic rings. The van der Waals surface area contributed by atoms with E-state index in [9.17, 15) is 0 Å². The molecule has 7 aromatic carbocycles. The van der Waals surface area contributed by atoms with Crippen molar-refractivity contribution >= 4 is 87.6 Å². The number of fused-ring (bicyclic) bond motifs is 13. The molecule has 3 aromatic heterocycles. The van der Waals surface area contributed by atoms with Crippen LogP contribution in [0.25, 0.3) is 115 Å². The highest BCUT2D eigenvalue weighted by atomic mass is 32.1. The topological polar surface area (TPSA) is 9.86 Å². The Kier molecular flexibility index (Phi) is 6.03. The molecular weight excluding hydrogens is 685 g/mol. The summed E-state index contributed by atoms with van der Waals surface area (Å²) in [4.78, 5) is 1.51. The van der Waals surface area contributed by atoms with E-state index in [1.807, 2.05) is 11.3 Å². The van der Waals surface area contributed by atoms with Gasteiger partial charge in [0, 0.05) is 47.9 Å². The fraction of sp³-hybridized carbons (Fsp3) is 0.0769. The summed E-state index contributed by atoms with van der Waals surface area (Å²) in [6.45, 7) is 0. The number of hydrogen-bond donors (Lipinski definition) is 0. The van der Waals surface area contributed by atoms with Crippen molar-refractivity contribution in [1.82, 2.24) is 9.13 Å². The summed E-state index contributed by atoms with van der Waals surface area (Å²) in [7, 11) is 0. The van der Waals surface area contributed by atoms with Crippen LogP contribution >= 0.6 is 11.3 Å². The fourth-order valence-corrected chi connectivity index (χ4v) is 11.3. The molecule has 0 radical (unpaired) electrons. The lowest BCUT2D eigenvalue weighted by atomic mass is 9.96. The van der Waals surface area contributed by atoms with Crippen LogP contribution in [-0.4, -0.2) is 9.13 Å². The summed E-state index contributed by atoms with van der Waals surface area (Å²) in [6, 6.07) is 48.6. The molecule has 3 heteroatoms. The molecule has 0 spiro atoms. The Hall–Kier alpha value is -6.42. The molecule has 0 unspecified atom stereocenters. The minimum absolute atomic E-state index is 1.08. The highest BCUT2D eigenvalue weighted by Gasteiger charge is 2.26. The first kappa shape index (κ1) is 30.0. The van der Waals surface area contributed by atoms with Crippen molar-refractivity contribution in [2.45, 2.75) is 25.7 Å². The van der Waals surface area contributed by atoms with E-state index in [-0.39, 0.29) is 0 Å². The van der Waals surface area contributed by atoms with Crippen molar-refractivity contribution in [2.24, 2.45) is 0 Å². The van der Waals surface area contributed by atoms with Gasteiger partial charge in [-0.25, -0.2) is 0 Å². The Balaban J connectivity index is 1.09. The second-order valence-corrected chi connectivity index (χ2v) is 16.5. The molecule has 0 saturated carbocycles. The van der Waals surface area contributed by atoms with E-state index in [1.54, 1.807) is 0 Å². The number of para-hydroxylation sites is 1. The van der Waals surface area contributed by atoms with E-state index in [2.05, 4.69) is 167 Å². The first-order valence-corrected chi connectivity index (χ1v) is 20.4. The third-order valence-corrected chi connectivity index (χ3v) is 13.7. The summed E-state index contributed by atoms with van der Waals surface area (Å²) in [5, 5.41) is 9.26. The van der Waals surface area contributed by atoms with E-state index >= 15 is 0 Å². The van der Waals surface area contributed by atoms with Crippen LogP contribution in [0.3, 0.4) is 0 Å². The summed E-state index contributed by atoms with van der Waals surface area (Å²) < 4.78 is 6.35. The van der Waals surface area contributed by atoms with Crippen LogP contribution in [0.1, 0.15) is 29.7 Å². The van der Waals surface area contributed by atoms with Gasteiger partial charge in [0.2, 0.25) is 0 Å². The van der Waals surface area contributed by atoms with E-state index in [0.717, 1.165) is 25.7 Å². The molecule has 0 amide bonds. The van der Waals surface area contributed by atoms with Gasteiger partial charge in [-0.15, -0.1) is 11.3 Å². The maximum atomic E-state index is 2.54. The van der Waals surface area contributed by atoms with Gasteiger partial charge in [-0.2, -0.15) is 0 Å². The number of aryl methyl sites for hydroxylation is 1. The van der Waals surface area contributed by atoms with E-state index in [4.69, 9.17) is 0 Å². The van der Waals surface area contributed by atoms with Crippen molar-refractivity contribution in [1.29, 1.82) is 0 Å². The minimum atomic E-state index is 1.08. The van der Waals surface area contributed by atoms with Crippen LogP contribution in [-0.2, 0) is 6.42 Å². The first-order chi connectivity index (χ1) is 27.3. The smallest absolute Gasteiger partial charge is 0.0553 e. The predicted molar refractivity (Wildman–Crippen MR) is 237 cm³/mol. The molecular formula is C52H34N2S. The summed E-state index contributed by atoms with van der Waals surface area (Å²) in [5.41, 5.74) is 16.7. The zero-order valence-corrected chi connectivity index (χ0v) is 31.0. The van der Waals surface area contributed by atoms with E-state index in [1.165, 1.54) is 120 Å². The van der Waals surface area contributed by atoms with Crippen LogP contribution in [0.15, 0.2) is 152 Å². The third-order valence-electron chi connectivity index (χ3n) is 12.5. The van der Waals surface area contributed by atoms with Gasteiger partial charge in [-0.05, 0) is 136 Å². The minimum Gasteiger partial charge on any atom is -0.310 e. The van der Waals surface area contributed by atoms with Gasteiger partial charge in [0.15, 0.2) is 0 Å². The number of thiophene rings is 1. The lowest BCUT2D eigenvalue weighted by Gasteiger charge is -2.12. The summed E-state index contributed by atoms with van der Waals surface area (Å²) in [6.07, 6.45) is 16.1. The molecule has 0 fully saturated rings. The number of allylic oxidation sites excluding steroid dienone is 5. The van der Waals surface area contributed by atoms with Gasteiger partial charge >= 0.3 is 0 Å². The van der Waals surface area contributed by atoms with Gasteiger partial charge in [-0.3, -0.25) is 0 Å². The monoisotopic (exact) mass is 718 g/mol. The number of rotatable bonds is 3. The van der Waals surface area contributed by atoms with Gasteiger partial charge < -0.3 is 9.13 Å². The zero-order valence-electron chi connectivity index (χ0n) is 30.1. The molecule has 258 valence electrons. The average molecular weight is 719 g/mol. The quantitative estimate of drug-likeness (QED) is 0.172. The van der Waals surface area contributed by atoms with Crippen molar-refractivity contribution in [3.8, 4) is 39.1 Å². The third kappa shape index (κ3) is 4.08. The second-order valence-electron chi connectivity index (χ2n) is 15.4. The van der Waals surface area contributed by atoms with Crippen LogP contribution in [0, 0.1) is 0 Å². The zero-order chi connectivity index (χ0) is 35.8. The largest absolute Gasteiger partial charge is 0.310 e. The first-order valence-electron chi connectivity index (χ1n) is 19.6. The maximum absolute atomic E-state index is 2.54. The summed E-state index contributed by atoms with van der Waals surface area (Å²) >= 11 is 1.96. The SMILES string of the molecule is C1=CC(n2c3ccccc3c3cc(-c4ccc5c(c4)c4c6cccc7c6c(cc4n5-c4ccc5sc6c(c5c4)C=CCC6)-c4ccccc4-7)ccc32)=CCC1. The van der Waals surface area contributed by atoms with Crippen molar-refractivity contribution in [2.75, 3.05) is 0 Å². The van der Waals surface area contributed by atoms with Crippen LogP contribution in [0.2, 0.25) is 0 Å². The molecule has 0 saturated heterocycles. The summed E-state index contributed by atoms with van der Waals surface area (Å²) in [5.74, 6) is 0. The van der Waals surface area contributed by atoms with Crippen LogP contribution in [0.4, 0.5) is 0 Å². The van der Waals surface area contributed by atoms with Crippen molar-refractivity contribution < 1.29 is 0 Å². The molecule has 10 aromatic rings. The molecule has 55 heavy (non-hydrogen) atoms. The molecule has 0 N–H and O–H groups in total. The van der Waals surface area contributed by atoms with Crippen molar-refractivity contribution in [3.63, 3.8) is 0 Å². The number of nitrogens with zero attached hydrogens (tertiary/aromatic N) is 2. The molecule has 2 nitrogen and oxygen atoms in total. The highest BCUT2D eigenvalue weighted by Crippen LogP contribution is 2.51. The van der Waals surface area contributed by atoms with Gasteiger partial charge in [0.1, 0.15) is 0 Å². The van der Waals surface area contributed by atoms with Crippen LogP contribution in [0.5, 0.6) is 0 Å². The Morgan fingerprint density at radius 1 is 0.455 bits per heavy atom. The molecule has 3 aliphatic carbocycles. The van der Waals surface area contributed by atoms with Crippen LogP contribution < -0.4 is 0 Å². The maximum Gasteiger partial charge on any atom is 0.0553 e. The molecule has 3 heterocycles. The lowest BCUT2D eigenvalue weighted by Crippen LogP contribution is -1.96. The molecule has 0 aliphatic heterocycles. The Labute approximate surface area is 322 Å². The van der Waals surface area contributed by atoms with Crippen molar-refractivity contribution in [3.05, 3.63) is 162 Å². The second kappa shape index (κ2) is 11.1. The standard InChI is InChI=1S/C52H34N2S/c1-2-11-33(12-3-1)53-45-19-8-6-15-37(45)41-27-31(21-24-46(41)53)32-22-25-47-44(28-32)52-40-18-10-17-39-35-13-4-5-14-36(35)43(51(39)40)30-48(52)54(47)34-23-26-50-42(29-34)38-16-7-9-20-49(38)55-50/h2,4-8,10-19,21-30H,1,3,9,20H2. The normalized spacial score (nSPS) is 14.6. The van der Waals surface area contributed by atoms with Gasteiger partial charge in [-0.1, -0.05) is 97.1 Å².